The summed E-state index contributed by atoms with van der Waals surface area (Å²) in [5.74, 6) is 5.61. The van der Waals surface area contributed by atoms with E-state index in [0.29, 0.717) is 5.56 Å². The van der Waals surface area contributed by atoms with E-state index >= 15 is 0 Å². The van der Waals surface area contributed by atoms with Gasteiger partial charge in [-0.3, -0.25) is 0 Å². The number of aromatic hydroxyl groups is 2. The van der Waals surface area contributed by atoms with E-state index in [1.807, 2.05) is 0 Å². The predicted octanol–water partition coefficient (Wildman–Crippen LogP) is -0.151. The van der Waals surface area contributed by atoms with Crippen LogP contribution in [-0.2, 0) is 0 Å². The number of anilines is 1. The summed E-state index contributed by atoms with van der Waals surface area (Å²) in [6, 6.07) is 4.17. The van der Waals surface area contributed by atoms with Crippen molar-refractivity contribution in [3.05, 3.63) is 30.1 Å². The second kappa shape index (κ2) is 4.39. The lowest BCUT2D eigenvalue weighted by molar-refractivity contribution is 0.450. The maximum atomic E-state index is 9.47. The lowest BCUT2D eigenvalue weighted by Gasteiger charge is -2.00. The highest BCUT2D eigenvalue weighted by Gasteiger charge is 2.00. The van der Waals surface area contributed by atoms with Crippen molar-refractivity contribution in [1.82, 2.24) is 14.9 Å². The molecule has 1 aromatic heterocycles. The number of nitrogens with one attached hydrogen (secondary N) is 1. The van der Waals surface area contributed by atoms with Gasteiger partial charge in [-0.15, -0.1) is 10.2 Å². The third kappa shape index (κ3) is 2.43. The Morgan fingerprint density at radius 3 is 2.88 bits per heavy atom. The first-order chi connectivity index (χ1) is 8.16. The van der Waals surface area contributed by atoms with Gasteiger partial charge >= 0.3 is 0 Å². The summed E-state index contributed by atoms with van der Waals surface area (Å²) in [6.07, 6.45) is 2.68. The van der Waals surface area contributed by atoms with Crippen LogP contribution in [0.25, 0.3) is 0 Å². The van der Waals surface area contributed by atoms with Gasteiger partial charge in [0.1, 0.15) is 17.8 Å². The van der Waals surface area contributed by atoms with E-state index in [1.54, 1.807) is 0 Å². The highest BCUT2D eigenvalue weighted by molar-refractivity contribution is 5.84. The smallest absolute Gasteiger partial charge is 0.263 e. The zero-order valence-electron chi connectivity index (χ0n) is 8.65. The van der Waals surface area contributed by atoms with Crippen LogP contribution < -0.4 is 11.3 Å². The number of nitrogens with zero attached hydrogens (tertiary/aromatic N) is 4. The lowest BCUT2D eigenvalue weighted by Crippen LogP contribution is -2.10. The van der Waals surface area contributed by atoms with E-state index in [0.717, 1.165) is 4.68 Å². The van der Waals surface area contributed by atoms with E-state index in [2.05, 4.69) is 20.7 Å². The van der Waals surface area contributed by atoms with Crippen LogP contribution in [0.3, 0.4) is 0 Å². The Bertz CT molecular complexity index is 550. The molecule has 0 saturated heterocycles. The third-order valence-electron chi connectivity index (χ3n) is 1.96. The minimum atomic E-state index is -0.0789. The van der Waals surface area contributed by atoms with Gasteiger partial charge in [0.2, 0.25) is 0 Å². The van der Waals surface area contributed by atoms with E-state index in [9.17, 15) is 5.11 Å². The number of nitrogens with two attached hydrogens (primary N) is 1. The van der Waals surface area contributed by atoms with Crippen molar-refractivity contribution in [2.75, 3.05) is 11.3 Å². The van der Waals surface area contributed by atoms with Crippen LogP contribution in [0.15, 0.2) is 29.6 Å². The molecule has 0 atom stereocenters. The molecule has 0 amide bonds. The fraction of sp³-hybridized carbons (Fsp3) is 0. The van der Waals surface area contributed by atoms with Crippen molar-refractivity contribution in [3.8, 4) is 11.5 Å². The number of hydrazone groups is 1. The van der Waals surface area contributed by atoms with Crippen LogP contribution in [0, 0.1) is 0 Å². The van der Waals surface area contributed by atoms with E-state index in [-0.39, 0.29) is 17.4 Å². The Hall–Kier alpha value is -2.77. The topological polar surface area (TPSA) is 122 Å². The largest absolute Gasteiger partial charge is 0.508 e. The number of aromatic nitrogens is 3. The molecule has 17 heavy (non-hydrogen) atoms. The fourth-order valence-corrected chi connectivity index (χ4v) is 1.12. The van der Waals surface area contributed by atoms with Crippen LogP contribution in [-0.4, -0.2) is 31.3 Å². The Balaban J connectivity index is 2.08. The lowest BCUT2D eigenvalue weighted by atomic mass is 10.2. The molecule has 0 spiro atoms. The van der Waals surface area contributed by atoms with Gasteiger partial charge < -0.3 is 16.1 Å². The summed E-state index contributed by atoms with van der Waals surface area (Å²) in [7, 11) is 0. The van der Waals surface area contributed by atoms with Crippen molar-refractivity contribution in [2.45, 2.75) is 0 Å². The maximum absolute atomic E-state index is 9.47. The Kier molecular flexibility index (Phi) is 2.77. The fourth-order valence-electron chi connectivity index (χ4n) is 1.12. The summed E-state index contributed by atoms with van der Waals surface area (Å²) < 4.78 is 1.16. The molecule has 1 aromatic carbocycles. The van der Waals surface area contributed by atoms with Gasteiger partial charge in [-0.25, -0.2) is 10.1 Å². The predicted molar refractivity (Wildman–Crippen MR) is 61.2 cm³/mol. The second-order valence-corrected chi connectivity index (χ2v) is 3.17. The van der Waals surface area contributed by atoms with Gasteiger partial charge in [0, 0.05) is 11.6 Å². The number of rotatable bonds is 3. The van der Waals surface area contributed by atoms with E-state index in [4.69, 9.17) is 10.9 Å². The summed E-state index contributed by atoms with van der Waals surface area (Å²) in [4.78, 5) is 0. The number of hydrogen-bond donors (Lipinski definition) is 4. The molecule has 5 N–H and O–H groups in total. The molecule has 0 aliphatic carbocycles. The van der Waals surface area contributed by atoms with Crippen molar-refractivity contribution < 1.29 is 10.2 Å². The molecule has 0 unspecified atom stereocenters. The number of nitrogen functional groups attached to an aromatic ring is 1. The zero-order valence-corrected chi connectivity index (χ0v) is 8.65. The van der Waals surface area contributed by atoms with Crippen molar-refractivity contribution >= 4 is 12.2 Å². The number of hydrogen-bond acceptors (Lipinski definition) is 7. The highest BCUT2D eigenvalue weighted by atomic mass is 16.3. The molecule has 0 saturated carbocycles. The highest BCUT2D eigenvalue weighted by Crippen LogP contribution is 2.20. The average molecular weight is 234 g/mol. The average Bonchev–Trinajstić information content (AvgIpc) is 2.68. The molecule has 0 bridgehead atoms. The summed E-state index contributed by atoms with van der Waals surface area (Å²) in [5.41, 5.74) is 2.99. The van der Waals surface area contributed by atoms with Crippen LogP contribution in [0.5, 0.6) is 11.5 Å². The molecule has 0 fully saturated rings. The van der Waals surface area contributed by atoms with Gasteiger partial charge in [0.05, 0.1) is 6.21 Å². The first kappa shape index (κ1) is 10.7. The standard InChI is InChI=1S/C9H10N6O2/c10-15-5-12-14-9(15)13-11-4-6-1-2-7(16)3-8(6)17/h1-5,16-17H,10H2,(H,13,14)/b11-4+. The minimum absolute atomic E-state index is 0.0192. The van der Waals surface area contributed by atoms with Crippen LogP contribution >= 0.6 is 0 Å². The Morgan fingerprint density at radius 1 is 1.41 bits per heavy atom. The van der Waals surface area contributed by atoms with E-state index in [1.165, 1.54) is 30.7 Å². The van der Waals surface area contributed by atoms with Gasteiger partial charge in [-0.1, -0.05) is 0 Å². The maximum Gasteiger partial charge on any atom is 0.263 e. The summed E-state index contributed by atoms with van der Waals surface area (Å²) in [6.45, 7) is 0. The molecule has 2 aromatic rings. The molecule has 0 aliphatic heterocycles. The quantitative estimate of drug-likeness (QED) is 0.333. The van der Waals surface area contributed by atoms with Crippen LogP contribution in [0.2, 0.25) is 0 Å². The molecule has 2 rings (SSSR count). The SMILES string of the molecule is Nn1cnnc1N/N=C/c1ccc(O)cc1O. The zero-order chi connectivity index (χ0) is 12.3. The van der Waals surface area contributed by atoms with Crippen LogP contribution in [0.4, 0.5) is 5.95 Å². The van der Waals surface area contributed by atoms with Gasteiger partial charge in [-0.05, 0) is 12.1 Å². The normalized spacial score (nSPS) is 10.8. The van der Waals surface area contributed by atoms with Gasteiger partial charge in [0.15, 0.2) is 0 Å². The van der Waals surface area contributed by atoms with Crippen LogP contribution in [0.1, 0.15) is 5.56 Å². The first-order valence-electron chi connectivity index (χ1n) is 4.63. The number of benzene rings is 1. The summed E-state index contributed by atoms with van der Waals surface area (Å²) >= 11 is 0. The molecule has 1 heterocycles. The second-order valence-electron chi connectivity index (χ2n) is 3.17. The minimum Gasteiger partial charge on any atom is -0.508 e. The van der Waals surface area contributed by atoms with Crippen molar-refractivity contribution in [2.24, 2.45) is 5.10 Å². The van der Waals surface area contributed by atoms with E-state index < -0.39 is 0 Å². The third-order valence-corrected chi connectivity index (χ3v) is 1.96. The number of phenolic OH excluding ortho intramolecular Hbond substituents is 2. The van der Waals surface area contributed by atoms with Crippen molar-refractivity contribution in [3.63, 3.8) is 0 Å². The molecule has 0 aliphatic rings. The van der Waals surface area contributed by atoms with Gasteiger partial charge in [0.25, 0.3) is 5.95 Å². The molecular formula is C9H10N6O2. The van der Waals surface area contributed by atoms with Gasteiger partial charge in [-0.2, -0.15) is 5.10 Å². The molecule has 0 radical (unpaired) electrons. The monoisotopic (exact) mass is 234 g/mol. The molecule has 8 nitrogen and oxygen atoms in total. The Labute approximate surface area is 96.0 Å². The first-order valence-corrected chi connectivity index (χ1v) is 4.63. The summed E-state index contributed by atoms with van der Waals surface area (Å²) in [5, 5.41) is 29.6. The molecule has 8 heteroatoms. The number of phenols is 2. The molecular weight excluding hydrogens is 224 g/mol. The molecule has 88 valence electrons. The Morgan fingerprint density at radius 2 is 2.24 bits per heavy atom. The van der Waals surface area contributed by atoms with Crippen molar-refractivity contribution in [1.29, 1.82) is 0 Å².